The Morgan fingerprint density at radius 1 is 1.50 bits per heavy atom. The zero-order valence-corrected chi connectivity index (χ0v) is 9.00. The molecule has 1 aromatic heterocycles. The normalized spacial score (nSPS) is 10.7. The van der Waals surface area contributed by atoms with Crippen LogP contribution in [0.2, 0.25) is 0 Å². The fourth-order valence-corrected chi connectivity index (χ4v) is 2.23. The lowest BCUT2D eigenvalue weighted by atomic mass is 10.2. The highest BCUT2D eigenvalue weighted by Gasteiger charge is 2.13. The first kappa shape index (κ1) is 9.45. The van der Waals surface area contributed by atoms with Crippen molar-refractivity contribution in [3.63, 3.8) is 0 Å². The lowest BCUT2D eigenvalue weighted by Crippen LogP contribution is -1.94. The Morgan fingerprint density at radius 2 is 2.21 bits per heavy atom. The summed E-state index contributed by atoms with van der Waals surface area (Å²) in [7, 11) is 0. The molecule has 5 heteroatoms. The Labute approximate surface area is 92.1 Å². The molecule has 1 aromatic carbocycles. The van der Waals surface area contributed by atoms with Gasteiger partial charge in [0.05, 0.1) is 11.1 Å². The third kappa shape index (κ3) is 1.37. The number of fused-ring (bicyclic) bond motifs is 1. The maximum atomic E-state index is 12.9. The van der Waals surface area contributed by atoms with Gasteiger partial charge in [-0.15, -0.1) is 0 Å². The highest BCUT2D eigenvalue weighted by Crippen LogP contribution is 2.25. The number of hydrogen-bond acceptors (Lipinski definition) is 1. The van der Waals surface area contributed by atoms with Crippen LogP contribution in [0.5, 0.6) is 0 Å². The van der Waals surface area contributed by atoms with E-state index in [1.54, 1.807) is 0 Å². The number of hydrogen-bond donors (Lipinski definition) is 2. The quantitative estimate of drug-likeness (QED) is 0.796. The standard InChI is InChI=1S/C9H5FINO2/c10-4-1-6(11)8-5(9(13)14)3-12-7(8)2-4/h1-3,12H,(H,13,14). The van der Waals surface area contributed by atoms with Crippen LogP contribution in [0, 0.1) is 9.39 Å². The van der Waals surface area contributed by atoms with E-state index >= 15 is 0 Å². The molecule has 0 atom stereocenters. The van der Waals surface area contributed by atoms with Gasteiger partial charge in [-0.1, -0.05) is 0 Å². The minimum absolute atomic E-state index is 0.171. The second-order valence-electron chi connectivity index (χ2n) is 2.82. The van der Waals surface area contributed by atoms with Gasteiger partial charge in [-0.05, 0) is 34.7 Å². The number of carbonyl (C=O) groups is 1. The molecule has 2 N–H and O–H groups in total. The predicted octanol–water partition coefficient (Wildman–Crippen LogP) is 2.61. The third-order valence-electron chi connectivity index (χ3n) is 1.93. The van der Waals surface area contributed by atoms with Crippen LogP contribution in [-0.4, -0.2) is 16.1 Å². The third-order valence-corrected chi connectivity index (χ3v) is 2.78. The van der Waals surface area contributed by atoms with Crippen LogP contribution in [0.3, 0.4) is 0 Å². The van der Waals surface area contributed by atoms with Gasteiger partial charge >= 0.3 is 5.97 Å². The fraction of sp³-hybridized carbons (Fsp3) is 0. The van der Waals surface area contributed by atoms with Crippen LogP contribution in [0.1, 0.15) is 10.4 Å². The number of aromatic amines is 1. The predicted molar refractivity (Wildman–Crippen MR) is 57.9 cm³/mol. The van der Waals surface area contributed by atoms with Crippen LogP contribution in [0.25, 0.3) is 10.9 Å². The van der Waals surface area contributed by atoms with Gasteiger partial charge < -0.3 is 10.1 Å². The van der Waals surface area contributed by atoms with Crippen molar-refractivity contribution in [2.45, 2.75) is 0 Å². The van der Waals surface area contributed by atoms with Gasteiger partial charge in [0.25, 0.3) is 0 Å². The smallest absolute Gasteiger partial charge is 0.337 e. The number of carboxylic acid groups (broad SMARTS) is 1. The molecule has 0 radical (unpaired) electrons. The molecular weight excluding hydrogens is 300 g/mol. The van der Waals surface area contributed by atoms with Crippen molar-refractivity contribution in [1.29, 1.82) is 0 Å². The Bertz CT molecular complexity index is 521. The van der Waals surface area contributed by atoms with Gasteiger partial charge in [0.15, 0.2) is 0 Å². The molecule has 0 saturated carbocycles. The summed E-state index contributed by atoms with van der Waals surface area (Å²) in [5.41, 5.74) is 0.677. The second-order valence-corrected chi connectivity index (χ2v) is 3.98. The van der Waals surface area contributed by atoms with Crippen LogP contribution in [-0.2, 0) is 0 Å². The maximum absolute atomic E-state index is 12.9. The highest BCUT2D eigenvalue weighted by atomic mass is 127. The van der Waals surface area contributed by atoms with Gasteiger partial charge in [-0.25, -0.2) is 9.18 Å². The van der Waals surface area contributed by atoms with Crippen LogP contribution in [0.15, 0.2) is 18.3 Å². The van der Waals surface area contributed by atoms with Gasteiger partial charge in [-0.2, -0.15) is 0 Å². The molecule has 2 aromatic rings. The summed E-state index contributed by atoms with van der Waals surface area (Å²) in [5.74, 6) is -1.39. The van der Waals surface area contributed by atoms with E-state index in [2.05, 4.69) is 4.98 Å². The minimum atomic E-state index is -1.01. The Kier molecular flexibility index (Phi) is 2.18. The van der Waals surface area contributed by atoms with Gasteiger partial charge in [-0.3, -0.25) is 0 Å². The lowest BCUT2D eigenvalue weighted by molar-refractivity contribution is 0.0699. The molecule has 0 aliphatic carbocycles. The molecule has 2 rings (SSSR count). The molecular formula is C9H5FINO2. The maximum Gasteiger partial charge on any atom is 0.337 e. The number of H-pyrrole nitrogens is 1. The summed E-state index contributed by atoms with van der Waals surface area (Å²) in [6.07, 6.45) is 1.37. The van der Waals surface area contributed by atoms with E-state index in [4.69, 9.17) is 5.11 Å². The summed E-state index contributed by atoms with van der Waals surface area (Å²) < 4.78 is 13.5. The van der Waals surface area contributed by atoms with Crippen molar-refractivity contribution < 1.29 is 14.3 Å². The largest absolute Gasteiger partial charge is 0.478 e. The molecule has 0 amide bonds. The second kappa shape index (κ2) is 3.23. The summed E-state index contributed by atoms with van der Waals surface area (Å²) >= 11 is 1.92. The molecule has 0 aliphatic heterocycles. The van der Waals surface area contributed by atoms with E-state index < -0.39 is 5.97 Å². The van der Waals surface area contributed by atoms with E-state index in [9.17, 15) is 9.18 Å². The van der Waals surface area contributed by atoms with Gasteiger partial charge in [0, 0.05) is 15.2 Å². The zero-order chi connectivity index (χ0) is 10.3. The average Bonchev–Trinajstić information content (AvgIpc) is 2.47. The SMILES string of the molecule is O=C(O)c1c[nH]c2cc(F)cc(I)c12. The Hall–Kier alpha value is -1.11. The van der Waals surface area contributed by atoms with E-state index in [0.29, 0.717) is 14.5 Å². The van der Waals surface area contributed by atoms with Crippen molar-refractivity contribution in [1.82, 2.24) is 4.98 Å². The number of carboxylic acids is 1. The number of aromatic nitrogens is 1. The highest BCUT2D eigenvalue weighted by molar-refractivity contribution is 14.1. The first-order chi connectivity index (χ1) is 6.59. The first-order valence-electron chi connectivity index (χ1n) is 3.79. The molecule has 0 saturated heterocycles. The van der Waals surface area contributed by atoms with E-state index in [-0.39, 0.29) is 11.4 Å². The summed E-state index contributed by atoms with van der Waals surface area (Å²) in [5, 5.41) is 9.40. The van der Waals surface area contributed by atoms with Crippen LogP contribution < -0.4 is 0 Å². The first-order valence-corrected chi connectivity index (χ1v) is 4.87. The van der Waals surface area contributed by atoms with Crippen molar-refractivity contribution in [3.8, 4) is 0 Å². The minimum Gasteiger partial charge on any atom is -0.478 e. The summed E-state index contributed by atoms with van der Waals surface area (Å²) in [6.45, 7) is 0. The van der Waals surface area contributed by atoms with Gasteiger partial charge in [0.1, 0.15) is 5.82 Å². The molecule has 1 heterocycles. The average molecular weight is 305 g/mol. The molecule has 0 spiro atoms. The van der Waals surface area contributed by atoms with Crippen LogP contribution >= 0.6 is 22.6 Å². The molecule has 0 unspecified atom stereocenters. The van der Waals surface area contributed by atoms with Gasteiger partial charge in [0.2, 0.25) is 0 Å². The number of nitrogens with one attached hydrogen (secondary N) is 1. The Morgan fingerprint density at radius 3 is 2.86 bits per heavy atom. The molecule has 0 aliphatic rings. The van der Waals surface area contributed by atoms with Crippen molar-refractivity contribution in [3.05, 3.63) is 33.3 Å². The molecule has 72 valence electrons. The number of halogens is 2. The molecule has 0 bridgehead atoms. The van der Waals surface area contributed by atoms with Crippen molar-refractivity contribution in [2.75, 3.05) is 0 Å². The lowest BCUT2D eigenvalue weighted by Gasteiger charge is -1.96. The molecule has 0 fully saturated rings. The van der Waals surface area contributed by atoms with E-state index in [1.807, 2.05) is 22.6 Å². The molecule has 14 heavy (non-hydrogen) atoms. The fourth-order valence-electron chi connectivity index (χ4n) is 1.35. The van der Waals surface area contributed by atoms with Crippen molar-refractivity contribution in [2.24, 2.45) is 0 Å². The van der Waals surface area contributed by atoms with E-state index in [0.717, 1.165) is 0 Å². The van der Waals surface area contributed by atoms with E-state index in [1.165, 1.54) is 18.3 Å². The monoisotopic (exact) mass is 305 g/mol. The molecule has 3 nitrogen and oxygen atoms in total. The van der Waals surface area contributed by atoms with Crippen molar-refractivity contribution >= 4 is 39.5 Å². The summed E-state index contributed by atoms with van der Waals surface area (Å²) in [4.78, 5) is 13.5. The summed E-state index contributed by atoms with van der Waals surface area (Å²) in [6, 6.07) is 2.59. The number of aromatic carboxylic acids is 1. The number of rotatable bonds is 1. The zero-order valence-electron chi connectivity index (χ0n) is 6.84. The van der Waals surface area contributed by atoms with Crippen LogP contribution in [0.4, 0.5) is 4.39 Å². The number of benzene rings is 1. The topological polar surface area (TPSA) is 53.1 Å². The Balaban J connectivity index is 2.85.